The average molecular weight is 380 g/mol. The van der Waals surface area contributed by atoms with Gasteiger partial charge in [-0.25, -0.2) is 0 Å². The van der Waals surface area contributed by atoms with Crippen molar-refractivity contribution in [2.75, 3.05) is 45.8 Å². The van der Waals surface area contributed by atoms with Crippen LogP contribution in [0.5, 0.6) is 0 Å². The summed E-state index contributed by atoms with van der Waals surface area (Å²) in [5, 5.41) is 0. The molecule has 0 atom stereocenters. The number of ether oxygens (including phenoxy) is 1. The molecule has 2 saturated heterocycles. The lowest BCUT2D eigenvalue weighted by Gasteiger charge is -2.45. The van der Waals surface area contributed by atoms with E-state index in [4.69, 9.17) is 4.74 Å². The maximum Gasteiger partial charge on any atom is 0.309 e. The van der Waals surface area contributed by atoms with E-state index in [2.05, 4.69) is 21.6 Å². The summed E-state index contributed by atoms with van der Waals surface area (Å²) in [4.78, 5) is 20.3. The maximum atomic E-state index is 12.3. The van der Waals surface area contributed by atoms with Gasteiger partial charge < -0.3 is 9.64 Å². The summed E-state index contributed by atoms with van der Waals surface area (Å²) in [5.74, 6) is 0.134. The van der Waals surface area contributed by atoms with Crippen LogP contribution in [0.15, 0.2) is 0 Å². The van der Waals surface area contributed by atoms with E-state index in [9.17, 15) is 4.79 Å². The van der Waals surface area contributed by atoms with Crippen LogP contribution < -0.4 is 0 Å². The van der Waals surface area contributed by atoms with E-state index in [1.165, 1.54) is 58.7 Å². The number of rotatable bonds is 4. The van der Waals surface area contributed by atoms with Gasteiger partial charge >= 0.3 is 5.97 Å². The Kier molecular flexibility index (Phi) is 7.20. The van der Waals surface area contributed by atoms with Crippen LogP contribution in [-0.4, -0.2) is 84.2 Å². The largest absolute Gasteiger partial charge is 0.460 e. The second kappa shape index (κ2) is 9.23. The molecule has 1 saturated carbocycles. The number of carbonyl (C=O) groups excluding carboxylic acids is 1. The van der Waals surface area contributed by atoms with Gasteiger partial charge in [0.2, 0.25) is 0 Å². The Morgan fingerprint density at radius 3 is 1.74 bits per heavy atom. The van der Waals surface area contributed by atoms with Crippen LogP contribution in [0.1, 0.15) is 66.2 Å². The van der Waals surface area contributed by atoms with Gasteiger partial charge in [-0.15, -0.1) is 0 Å². The third-order valence-electron chi connectivity index (χ3n) is 6.82. The van der Waals surface area contributed by atoms with Crippen molar-refractivity contribution in [3.8, 4) is 0 Å². The molecule has 2 heterocycles. The summed E-state index contributed by atoms with van der Waals surface area (Å²) in [5.41, 5.74) is -0.364. The van der Waals surface area contributed by atoms with Crippen LogP contribution in [0.2, 0.25) is 0 Å². The molecular formula is C22H41N3O2. The molecule has 2 aliphatic heterocycles. The minimum absolute atomic E-state index is 0.0178. The molecule has 0 aromatic rings. The zero-order chi connectivity index (χ0) is 19.4. The van der Waals surface area contributed by atoms with Gasteiger partial charge in [-0.3, -0.25) is 14.6 Å². The Morgan fingerprint density at radius 1 is 0.815 bits per heavy atom. The van der Waals surface area contributed by atoms with Crippen LogP contribution in [0.3, 0.4) is 0 Å². The van der Waals surface area contributed by atoms with E-state index in [0.29, 0.717) is 6.04 Å². The van der Waals surface area contributed by atoms with Crippen molar-refractivity contribution >= 4 is 5.97 Å². The highest BCUT2D eigenvalue weighted by atomic mass is 16.6. The van der Waals surface area contributed by atoms with Crippen molar-refractivity contribution in [3.05, 3.63) is 0 Å². The van der Waals surface area contributed by atoms with E-state index in [1.807, 2.05) is 20.8 Å². The molecule has 0 N–H and O–H groups in total. The van der Waals surface area contributed by atoms with Crippen molar-refractivity contribution < 1.29 is 9.53 Å². The number of esters is 1. The Hall–Kier alpha value is -0.650. The molecule has 3 fully saturated rings. The molecule has 3 aliphatic rings. The molecular weight excluding hydrogens is 338 g/mol. The molecule has 0 unspecified atom stereocenters. The third kappa shape index (κ3) is 5.91. The number of hydrogen-bond donors (Lipinski definition) is 0. The first-order chi connectivity index (χ1) is 12.9. The Labute approximate surface area is 166 Å². The van der Waals surface area contributed by atoms with E-state index >= 15 is 0 Å². The van der Waals surface area contributed by atoms with Crippen LogP contribution >= 0.6 is 0 Å². The number of piperazine rings is 1. The van der Waals surface area contributed by atoms with Crippen LogP contribution in [0, 0.1) is 5.92 Å². The fourth-order valence-corrected chi connectivity index (χ4v) is 5.13. The van der Waals surface area contributed by atoms with Gasteiger partial charge in [-0.2, -0.15) is 0 Å². The predicted octanol–water partition coefficient (Wildman–Crippen LogP) is 2.99. The Bertz CT molecular complexity index is 466. The summed E-state index contributed by atoms with van der Waals surface area (Å²) < 4.78 is 5.59. The number of likely N-dealkylation sites (tertiary alicyclic amines) is 1. The van der Waals surface area contributed by atoms with Crippen LogP contribution in [-0.2, 0) is 9.53 Å². The minimum atomic E-state index is -0.364. The lowest BCUT2D eigenvalue weighted by molar-refractivity contribution is -0.161. The van der Waals surface area contributed by atoms with Crippen molar-refractivity contribution in [2.24, 2.45) is 5.92 Å². The lowest BCUT2D eigenvalue weighted by Crippen LogP contribution is -2.55. The number of hydrogen-bond acceptors (Lipinski definition) is 5. The fraction of sp³-hybridized carbons (Fsp3) is 0.955. The zero-order valence-electron chi connectivity index (χ0n) is 18.1. The first-order valence-electron chi connectivity index (χ1n) is 11.3. The summed E-state index contributed by atoms with van der Waals surface area (Å²) in [6.07, 6.45) is 6.98. The molecule has 0 aromatic carbocycles. The summed E-state index contributed by atoms with van der Waals surface area (Å²) in [7, 11) is 0. The average Bonchev–Trinajstić information content (AvgIpc) is 2.67. The summed E-state index contributed by atoms with van der Waals surface area (Å²) in [6.45, 7) is 16.8. The first-order valence-corrected chi connectivity index (χ1v) is 11.3. The molecule has 156 valence electrons. The molecule has 0 radical (unpaired) electrons. The van der Waals surface area contributed by atoms with Gasteiger partial charge in [-0.1, -0.05) is 6.92 Å². The molecule has 1 aliphatic carbocycles. The van der Waals surface area contributed by atoms with Crippen molar-refractivity contribution in [3.63, 3.8) is 0 Å². The van der Waals surface area contributed by atoms with Gasteiger partial charge in [-0.05, 0) is 78.9 Å². The van der Waals surface area contributed by atoms with Gasteiger partial charge in [0.25, 0.3) is 0 Å². The highest BCUT2D eigenvalue weighted by molar-refractivity contribution is 5.73. The number of nitrogens with zero attached hydrogens (tertiary/aromatic N) is 3. The number of carbonyl (C=O) groups is 1. The fourth-order valence-electron chi connectivity index (χ4n) is 5.13. The highest BCUT2D eigenvalue weighted by Gasteiger charge is 2.34. The Morgan fingerprint density at radius 2 is 1.30 bits per heavy atom. The van der Waals surface area contributed by atoms with Crippen molar-refractivity contribution in [2.45, 2.75) is 83.9 Å². The summed E-state index contributed by atoms with van der Waals surface area (Å²) in [6, 6.07) is 1.48. The highest BCUT2D eigenvalue weighted by Crippen LogP contribution is 2.30. The van der Waals surface area contributed by atoms with Gasteiger partial charge in [0.1, 0.15) is 5.60 Å². The predicted molar refractivity (Wildman–Crippen MR) is 110 cm³/mol. The zero-order valence-corrected chi connectivity index (χ0v) is 18.1. The molecule has 0 spiro atoms. The molecule has 27 heavy (non-hydrogen) atoms. The normalized spacial score (nSPS) is 30.4. The lowest BCUT2D eigenvalue weighted by atomic mass is 9.85. The molecule has 5 heteroatoms. The molecule has 0 bridgehead atoms. The molecule has 0 aromatic heterocycles. The second-order valence-electron chi connectivity index (χ2n) is 9.78. The maximum absolute atomic E-state index is 12.3. The first kappa shape index (κ1) is 21.1. The monoisotopic (exact) mass is 379 g/mol. The van der Waals surface area contributed by atoms with E-state index in [1.54, 1.807) is 0 Å². The van der Waals surface area contributed by atoms with Gasteiger partial charge in [0.15, 0.2) is 0 Å². The molecule has 3 rings (SSSR count). The quantitative estimate of drug-likeness (QED) is 0.702. The molecule has 0 amide bonds. The van der Waals surface area contributed by atoms with E-state index < -0.39 is 0 Å². The van der Waals surface area contributed by atoms with Gasteiger partial charge in [0, 0.05) is 38.3 Å². The standard InChI is InChI=1S/C22H41N3O2/c1-5-23-12-10-20(11-13-23)25-16-14-24(15-17-25)19-8-6-18(7-9-19)21(26)27-22(2,3)4/h18-20H,5-17H2,1-4H3. The van der Waals surface area contributed by atoms with E-state index in [0.717, 1.165) is 31.7 Å². The van der Waals surface area contributed by atoms with Crippen molar-refractivity contribution in [1.29, 1.82) is 0 Å². The van der Waals surface area contributed by atoms with Gasteiger partial charge in [0.05, 0.1) is 5.92 Å². The number of piperidine rings is 1. The summed E-state index contributed by atoms with van der Waals surface area (Å²) >= 11 is 0. The van der Waals surface area contributed by atoms with Crippen molar-refractivity contribution in [1.82, 2.24) is 14.7 Å². The topological polar surface area (TPSA) is 36.0 Å². The SMILES string of the molecule is CCN1CCC(N2CCN(C3CCC(C(=O)OC(C)(C)C)CC3)CC2)CC1. The molecule has 5 nitrogen and oxygen atoms in total. The third-order valence-corrected chi connectivity index (χ3v) is 6.82. The van der Waals surface area contributed by atoms with Crippen LogP contribution in [0.25, 0.3) is 0 Å². The van der Waals surface area contributed by atoms with Crippen LogP contribution in [0.4, 0.5) is 0 Å². The Balaban J connectivity index is 1.38. The van der Waals surface area contributed by atoms with E-state index in [-0.39, 0.29) is 17.5 Å². The minimum Gasteiger partial charge on any atom is -0.460 e. The smallest absolute Gasteiger partial charge is 0.309 e. The second-order valence-corrected chi connectivity index (χ2v) is 9.78.